The van der Waals surface area contributed by atoms with Gasteiger partial charge in [-0.15, -0.1) is 21.5 Å². The van der Waals surface area contributed by atoms with Gasteiger partial charge in [0.1, 0.15) is 16.4 Å². The Labute approximate surface area is 231 Å². The number of aryl methyl sites for hydroxylation is 1. The van der Waals surface area contributed by atoms with Crippen molar-refractivity contribution < 1.29 is 9.90 Å². The van der Waals surface area contributed by atoms with Gasteiger partial charge in [-0.25, -0.2) is 0 Å². The third-order valence-electron chi connectivity index (χ3n) is 8.32. The van der Waals surface area contributed by atoms with Crippen molar-refractivity contribution in [2.75, 3.05) is 6.61 Å². The summed E-state index contributed by atoms with van der Waals surface area (Å²) in [5.74, 6) is 1.88. The zero-order valence-electron chi connectivity index (χ0n) is 21.5. The van der Waals surface area contributed by atoms with Crippen LogP contribution in [-0.4, -0.2) is 50.2 Å². The van der Waals surface area contributed by atoms with Crippen LogP contribution in [0.1, 0.15) is 78.2 Å². The molecule has 1 amide bonds. The molecule has 1 aliphatic heterocycles. The van der Waals surface area contributed by atoms with Gasteiger partial charge in [0.15, 0.2) is 5.82 Å². The number of rotatable bonds is 4. The molecule has 0 saturated heterocycles. The van der Waals surface area contributed by atoms with E-state index >= 15 is 0 Å². The van der Waals surface area contributed by atoms with Crippen molar-refractivity contribution in [3.05, 3.63) is 62.5 Å². The average molecular weight is 553 g/mol. The molecule has 1 atom stereocenters. The zero-order valence-corrected chi connectivity index (χ0v) is 23.1. The number of aliphatic imine (C=N–C) groups is 1. The first-order valence-corrected chi connectivity index (χ1v) is 14.6. The summed E-state index contributed by atoms with van der Waals surface area (Å²) in [5.41, 5.74) is 10.2. The molecule has 7 rings (SSSR count). The van der Waals surface area contributed by atoms with Gasteiger partial charge in [-0.3, -0.25) is 14.4 Å². The lowest BCUT2D eigenvalue weighted by atomic mass is 9.82. The molecule has 4 N–H and O–H groups in total. The van der Waals surface area contributed by atoms with E-state index in [0.29, 0.717) is 6.41 Å². The maximum atomic E-state index is 10.2. The van der Waals surface area contributed by atoms with Crippen molar-refractivity contribution >= 4 is 35.1 Å². The number of hydrogen-bond donors (Lipinski definition) is 3. The van der Waals surface area contributed by atoms with Crippen LogP contribution in [0.2, 0.25) is 5.02 Å². The Morgan fingerprint density at radius 2 is 1.95 bits per heavy atom. The second-order valence-electron chi connectivity index (χ2n) is 11.0. The number of nitrogens with two attached hydrogens (primary N) is 1. The van der Waals surface area contributed by atoms with E-state index in [2.05, 4.69) is 26.1 Å². The molecule has 3 aliphatic carbocycles. The van der Waals surface area contributed by atoms with Gasteiger partial charge in [0.05, 0.1) is 17.9 Å². The lowest BCUT2D eigenvalue weighted by Crippen LogP contribution is -2.49. The van der Waals surface area contributed by atoms with E-state index in [1.807, 2.05) is 36.5 Å². The van der Waals surface area contributed by atoms with E-state index in [1.54, 1.807) is 0 Å². The number of thiophene rings is 1. The number of halogens is 1. The van der Waals surface area contributed by atoms with Gasteiger partial charge in [-0.2, -0.15) is 0 Å². The van der Waals surface area contributed by atoms with Crippen LogP contribution in [0.4, 0.5) is 0 Å². The number of hydrogen-bond acceptors (Lipinski definition) is 7. The predicted octanol–water partition coefficient (Wildman–Crippen LogP) is 3.98. The number of carbonyl (C=O) groups excluding carboxylic acids is 1. The van der Waals surface area contributed by atoms with Crippen LogP contribution in [-0.2, 0) is 23.2 Å². The summed E-state index contributed by atoms with van der Waals surface area (Å²) in [4.78, 5) is 16.9. The molecule has 0 unspecified atom stereocenters. The molecule has 0 bridgehead atoms. The minimum absolute atomic E-state index is 0.0751. The normalized spacial score (nSPS) is 21.8. The van der Waals surface area contributed by atoms with Crippen LogP contribution < -0.4 is 11.1 Å². The molecule has 10 heteroatoms. The van der Waals surface area contributed by atoms with Crippen LogP contribution in [0.25, 0.3) is 5.00 Å². The first-order valence-electron chi connectivity index (χ1n) is 13.4. The van der Waals surface area contributed by atoms with Gasteiger partial charge >= 0.3 is 0 Å². The standard InChI is InChI=1S/C20H18ClN5S.C8H15NO2/c1-10-24-25-19-20(6-7-20)23-17(12-4-2-3-5-14(12)21)16-13-8-11(22)9-15(13)27-18(16)26(10)19;10-6-8(9-7-11)4-2-1-3-5-8/h2-5,11H,6-9,22H2,1H3;7,10H,1-6H2,(H,9,11)/t11-;/m0./s1. The number of aromatic nitrogens is 3. The molecule has 2 fully saturated rings. The summed E-state index contributed by atoms with van der Waals surface area (Å²) in [6.45, 7) is 2.10. The van der Waals surface area contributed by atoms with Gasteiger partial charge in [0.2, 0.25) is 6.41 Å². The molecule has 38 heavy (non-hydrogen) atoms. The maximum absolute atomic E-state index is 10.2. The summed E-state index contributed by atoms with van der Waals surface area (Å²) >= 11 is 8.43. The first kappa shape index (κ1) is 25.7. The Hall–Kier alpha value is -2.59. The fraction of sp³-hybridized carbons (Fsp3) is 0.500. The lowest BCUT2D eigenvalue weighted by Gasteiger charge is -2.34. The second-order valence-corrected chi connectivity index (χ2v) is 12.5. The minimum Gasteiger partial charge on any atom is -0.394 e. The quantitative estimate of drug-likeness (QED) is 0.423. The molecule has 8 nitrogen and oxygen atoms in total. The van der Waals surface area contributed by atoms with E-state index < -0.39 is 0 Å². The Bertz CT molecular complexity index is 1400. The number of aliphatic hydroxyl groups is 1. The molecular weight excluding hydrogens is 520 g/mol. The first-order chi connectivity index (χ1) is 18.4. The molecule has 0 radical (unpaired) electrons. The van der Waals surface area contributed by atoms with Crippen molar-refractivity contribution in [1.29, 1.82) is 0 Å². The number of fused-ring (bicyclic) bond motifs is 6. The molecule has 2 saturated carbocycles. The molecule has 4 aliphatic rings. The van der Waals surface area contributed by atoms with Gasteiger partial charge in [0.25, 0.3) is 0 Å². The molecule has 200 valence electrons. The number of aliphatic hydroxyl groups excluding tert-OH is 1. The molecule has 1 spiro atoms. The van der Waals surface area contributed by atoms with Crippen LogP contribution in [0.5, 0.6) is 0 Å². The van der Waals surface area contributed by atoms with E-state index in [0.717, 1.165) is 79.3 Å². The minimum atomic E-state index is -0.292. The number of benzene rings is 1. The Morgan fingerprint density at radius 3 is 2.63 bits per heavy atom. The third kappa shape index (κ3) is 4.29. The highest BCUT2D eigenvalue weighted by Gasteiger charge is 2.52. The number of nitrogens with one attached hydrogen (secondary N) is 1. The van der Waals surface area contributed by atoms with E-state index in [1.165, 1.54) is 27.4 Å². The van der Waals surface area contributed by atoms with Crippen molar-refractivity contribution in [2.45, 2.75) is 81.8 Å². The van der Waals surface area contributed by atoms with Crippen molar-refractivity contribution in [3.8, 4) is 5.00 Å². The van der Waals surface area contributed by atoms with Gasteiger partial charge in [-0.05, 0) is 57.1 Å². The van der Waals surface area contributed by atoms with E-state index in [-0.39, 0.29) is 23.7 Å². The number of amides is 1. The number of nitrogens with zero attached hydrogens (tertiary/aromatic N) is 4. The number of carbonyl (C=O) groups is 1. The van der Waals surface area contributed by atoms with Crippen LogP contribution in [0, 0.1) is 6.92 Å². The lowest BCUT2D eigenvalue weighted by molar-refractivity contribution is -0.112. The van der Waals surface area contributed by atoms with Crippen molar-refractivity contribution in [1.82, 2.24) is 20.1 Å². The smallest absolute Gasteiger partial charge is 0.207 e. The topological polar surface area (TPSA) is 118 Å². The second kappa shape index (κ2) is 9.86. The van der Waals surface area contributed by atoms with Crippen molar-refractivity contribution in [2.24, 2.45) is 10.7 Å². The summed E-state index contributed by atoms with van der Waals surface area (Å²) in [6, 6.07) is 8.18. The Morgan fingerprint density at radius 1 is 1.18 bits per heavy atom. The van der Waals surface area contributed by atoms with E-state index in [9.17, 15) is 4.79 Å². The summed E-state index contributed by atoms with van der Waals surface area (Å²) < 4.78 is 2.23. The van der Waals surface area contributed by atoms with Crippen molar-refractivity contribution in [3.63, 3.8) is 0 Å². The maximum Gasteiger partial charge on any atom is 0.207 e. The van der Waals surface area contributed by atoms with Crippen LogP contribution >= 0.6 is 22.9 Å². The van der Waals surface area contributed by atoms with Gasteiger partial charge < -0.3 is 16.2 Å². The average Bonchev–Trinajstić information content (AvgIpc) is 3.32. The molecule has 3 heterocycles. The third-order valence-corrected chi connectivity index (χ3v) is 9.89. The summed E-state index contributed by atoms with van der Waals surface area (Å²) in [5, 5.41) is 22.6. The monoisotopic (exact) mass is 552 g/mol. The Balaban J connectivity index is 0.000000204. The highest BCUT2D eigenvalue weighted by atomic mass is 35.5. The SMILES string of the molecule is Cc1nnc2n1-c1sc3c(c1C(c1ccccc1Cl)=NC21CC1)C[C@H](N)C3.O=CNC1(CO)CCCCC1. The molecule has 1 aromatic carbocycles. The molecular formula is C28H33ClN6O2S. The summed E-state index contributed by atoms with van der Waals surface area (Å²) in [7, 11) is 0. The van der Waals surface area contributed by atoms with Crippen LogP contribution in [0.3, 0.4) is 0 Å². The fourth-order valence-electron chi connectivity index (χ4n) is 6.08. The largest absolute Gasteiger partial charge is 0.394 e. The zero-order chi connectivity index (χ0) is 26.5. The fourth-order valence-corrected chi connectivity index (χ4v) is 7.78. The Kier molecular flexibility index (Phi) is 6.66. The van der Waals surface area contributed by atoms with Gasteiger partial charge in [0, 0.05) is 27.1 Å². The van der Waals surface area contributed by atoms with Crippen LogP contribution in [0.15, 0.2) is 29.3 Å². The molecule has 2 aromatic heterocycles. The molecule has 3 aromatic rings. The van der Waals surface area contributed by atoms with Gasteiger partial charge in [-0.1, -0.05) is 49.1 Å². The van der Waals surface area contributed by atoms with E-state index in [4.69, 9.17) is 27.4 Å². The highest BCUT2D eigenvalue weighted by molar-refractivity contribution is 7.15. The predicted molar refractivity (Wildman–Crippen MR) is 149 cm³/mol. The summed E-state index contributed by atoms with van der Waals surface area (Å²) in [6.07, 6.45) is 9.78. The highest BCUT2D eigenvalue weighted by Crippen LogP contribution is 2.53.